The first-order valence-electron chi connectivity index (χ1n) is 5.05. The van der Waals surface area contributed by atoms with Gasteiger partial charge in [0.1, 0.15) is 0 Å². The molecule has 86 valence electrons. The third-order valence-corrected chi connectivity index (χ3v) is 2.92. The lowest BCUT2D eigenvalue weighted by atomic mass is 10.1. The fourth-order valence-corrected chi connectivity index (χ4v) is 1.65. The summed E-state index contributed by atoms with van der Waals surface area (Å²) >= 11 is 1.70. The first-order valence-corrected chi connectivity index (χ1v) is 6.27. The smallest absolute Gasteiger partial charge is 0.287 e. The Morgan fingerprint density at radius 1 is 1.25 bits per heavy atom. The topological polar surface area (TPSA) is 46.2 Å². The summed E-state index contributed by atoms with van der Waals surface area (Å²) in [5.74, 6) is -0.960. The van der Waals surface area contributed by atoms with Gasteiger partial charge in [0.15, 0.2) is 0 Å². The van der Waals surface area contributed by atoms with Crippen LogP contribution in [0.5, 0.6) is 0 Å². The van der Waals surface area contributed by atoms with Gasteiger partial charge in [0.2, 0.25) is 5.78 Å². The first-order chi connectivity index (χ1) is 7.63. The van der Waals surface area contributed by atoms with Gasteiger partial charge in [-0.3, -0.25) is 9.59 Å². The van der Waals surface area contributed by atoms with Crippen LogP contribution in [-0.2, 0) is 16.0 Å². The number of benzene rings is 1. The largest absolute Gasteiger partial charge is 0.349 e. The number of amides is 1. The van der Waals surface area contributed by atoms with Crippen LogP contribution in [0.25, 0.3) is 0 Å². The second-order valence-electron chi connectivity index (χ2n) is 3.41. The molecule has 0 aromatic heterocycles. The average molecular weight is 237 g/mol. The lowest BCUT2D eigenvalue weighted by molar-refractivity contribution is -0.136. The lowest BCUT2D eigenvalue weighted by Gasteiger charge is -2.03. The van der Waals surface area contributed by atoms with E-state index in [2.05, 4.69) is 5.32 Å². The van der Waals surface area contributed by atoms with Crippen molar-refractivity contribution in [2.24, 2.45) is 0 Å². The first kappa shape index (κ1) is 12.8. The Morgan fingerprint density at radius 2 is 1.88 bits per heavy atom. The molecule has 0 bridgehead atoms. The molecule has 0 aliphatic heterocycles. The summed E-state index contributed by atoms with van der Waals surface area (Å²) in [4.78, 5) is 22.8. The number of ketones is 1. The third kappa shape index (κ3) is 4.06. The van der Waals surface area contributed by atoms with Crippen molar-refractivity contribution in [3.8, 4) is 0 Å². The molecule has 0 saturated carbocycles. The van der Waals surface area contributed by atoms with Crippen LogP contribution in [0, 0.1) is 0 Å². The number of rotatable bonds is 5. The van der Waals surface area contributed by atoms with E-state index in [-0.39, 0.29) is 0 Å². The maximum absolute atomic E-state index is 11.0. The predicted octanol–water partition coefficient (Wildman–Crippen LogP) is 1.66. The minimum absolute atomic E-state index is 0.447. The predicted molar refractivity (Wildman–Crippen MR) is 65.6 cm³/mol. The Bertz CT molecular complexity index is 373. The Labute approximate surface area is 99.6 Å². The van der Waals surface area contributed by atoms with Gasteiger partial charge in [0.05, 0.1) is 0 Å². The zero-order valence-electron chi connectivity index (χ0n) is 9.45. The highest BCUT2D eigenvalue weighted by atomic mass is 32.2. The zero-order valence-corrected chi connectivity index (χ0v) is 10.3. The second-order valence-corrected chi connectivity index (χ2v) is 4.29. The molecule has 0 heterocycles. The summed E-state index contributed by atoms with van der Waals surface area (Å²) in [7, 11) is 0. The van der Waals surface area contributed by atoms with Gasteiger partial charge >= 0.3 is 0 Å². The Hall–Kier alpha value is -1.29. The molecule has 0 aliphatic carbocycles. The van der Waals surface area contributed by atoms with Crippen LogP contribution < -0.4 is 5.32 Å². The summed E-state index contributed by atoms with van der Waals surface area (Å²) in [5, 5.41) is 2.57. The molecule has 0 spiro atoms. The van der Waals surface area contributed by atoms with Crippen LogP contribution in [0.2, 0.25) is 0 Å². The normalized spacial score (nSPS) is 9.88. The molecule has 1 rings (SSSR count). The van der Waals surface area contributed by atoms with E-state index in [0.717, 1.165) is 12.0 Å². The average Bonchev–Trinajstić information content (AvgIpc) is 2.29. The molecular weight excluding hydrogens is 222 g/mol. The lowest BCUT2D eigenvalue weighted by Crippen LogP contribution is -2.30. The number of hydrogen-bond donors (Lipinski definition) is 1. The second kappa shape index (κ2) is 6.33. The molecule has 3 nitrogen and oxygen atoms in total. The van der Waals surface area contributed by atoms with Crippen molar-refractivity contribution < 1.29 is 9.59 Å². The fraction of sp³-hybridized carbons (Fsp3) is 0.333. The van der Waals surface area contributed by atoms with Gasteiger partial charge in [-0.05, 0) is 30.4 Å². The number of carbonyl (C=O) groups excluding carboxylic acids is 2. The van der Waals surface area contributed by atoms with E-state index in [4.69, 9.17) is 0 Å². The van der Waals surface area contributed by atoms with E-state index in [0.29, 0.717) is 6.54 Å². The van der Waals surface area contributed by atoms with Crippen molar-refractivity contribution in [3.05, 3.63) is 29.8 Å². The summed E-state index contributed by atoms with van der Waals surface area (Å²) in [5.41, 5.74) is 1.15. The quantitative estimate of drug-likeness (QED) is 0.625. The molecule has 0 saturated heterocycles. The van der Waals surface area contributed by atoms with Crippen LogP contribution >= 0.6 is 11.8 Å². The molecule has 1 N–H and O–H groups in total. The van der Waals surface area contributed by atoms with E-state index in [1.54, 1.807) is 11.8 Å². The molecule has 1 amide bonds. The van der Waals surface area contributed by atoms with Crippen LogP contribution in [0.1, 0.15) is 12.5 Å². The number of hydrogen-bond acceptors (Lipinski definition) is 3. The Morgan fingerprint density at radius 3 is 2.38 bits per heavy atom. The van der Waals surface area contributed by atoms with Gasteiger partial charge in [0, 0.05) is 18.4 Å². The highest BCUT2D eigenvalue weighted by Crippen LogP contribution is 2.14. The molecule has 1 aromatic carbocycles. The SMILES string of the molecule is CSc1ccc(CCNC(=O)C(C)=O)cc1. The number of nitrogens with one attached hydrogen (secondary N) is 1. The van der Waals surface area contributed by atoms with Crippen molar-refractivity contribution in [2.45, 2.75) is 18.2 Å². The number of carbonyl (C=O) groups is 2. The summed E-state index contributed by atoms with van der Waals surface area (Å²) in [6, 6.07) is 8.16. The summed E-state index contributed by atoms with van der Waals surface area (Å²) in [6.45, 7) is 1.76. The van der Waals surface area contributed by atoms with Crippen molar-refractivity contribution >= 4 is 23.5 Å². The molecule has 0 fully saturated rings. The van der Waals surface area contributed by atoms with E-state index >= 15 is 0 Å². The molecule has 16 heavy (non-hydrogen) atoms. The van der Waals surface area contributed by atoms with Crippen molar-refractivity contribution in [1.82, 2.24) is 5.32 Å². The van der Waals surface area contributed by atoms with Gasteiger partial charge in [-0.1, -0.05) is 12.1 Å². The van der Waals surface area contributed by atoms with Crippen molar-refractivity contribution in [1.29, 1.82) is 0 Å². The summed E-state index contributed by atoms with van der Waals surface area (Å²) in [6.07, 6.45) is 2.77. The highest BCUT2D eigenvalue weighted by molar-refractivity contribution is 7.98. The zero-order chi connectivity index (χ0) is 12.0. The van der Waals surface area contributed by atoms with E-state index < -0.39 is 11.7 Å². The van der Waals surface area contributed by atoms with Crippen LogP contribution in [0.15, 0.2) is 29.2 Å². The van der Waals surface area contributed by atoms with Crippen LogP contribution in [0.4, 0.5) is 0 Å². The molecule has 0 aliphatic rings. The molecule has 4 heteroatoms. The highest BCUT2D eigenvalue weighted by Gasteiger charge is 2.05. The van der Waals surface area contributed by atoms with E-state index in [1.807, 2.05) is 30.5 Å². The molecule has 1 aromatic rings. The van der Waals surface area contributed by atoms with Gasteiger partial charge in [-0.2, -0.15) is 0 Å². The fourth-order valence-electron chi connectivity index (χ4n) is 1.24. The maximum atomic E-state index is 11.0. The maximum Gasteiger partial charge on any atom is 0.287 e. The number of thioether (sulfide) groups is 1. The van der Waals surface area contributed by atoms with Crippen molar-refractivity contribution in [3.63, 3.8) is 0 Å². The molecule has 0 unspecified atom stereocenters. The standard InChI is InChI=1S/C12H15NO2S/c1-9(14)12(15)13-8-7-10-3-5-11(16-2)6-4-10/h3-6H,7-8H2,1-2H3,(H,13,15). The third-order valence-electron chi connectivity index (χ3n) is 2.18. The Balaban J connectivity index is 2.37. The Kier molecular flexibility index (Phi) is 5.05. The van der Waals surface area contributed by atoms with Crippen LogP contribution in [0.3, 0.4) is 0 Å². The number of Topliss-reactive ketones (excluding diaryl/α,β-unsaturated/α-hetero) is 1. The molecule has 0 radical (unpaired) electrons. The molecule has 0 atom stereocenters. The van der Waals surface area contributed by atoms with Gasteiger partial charge in [-0.25, -0.2) is 0 Å². The van der Waals surface area contributed by atoms with Crippen molar-refractivity contribution in [2.75, 3.05) is 12.8 Å². The van der Waals surface area contributed by atoms with E-state index in [1.165, 1.54) is 11.8 Å². The van der Waals surface area contributed by atoms with Crippen LogP contribution in [-0.4, -0.2) is 24.5 Å². The van der Waals surface area contributed by atoms with Gasteiger partial charge in [-0.15, -0.1) is 11.8 Å². The van der Waals surface area contributed by atoms with Gasteiger partial charge in [0.25, 0.3) is 5.91 Å². The monoisotopic (exact) mass is 237 g/mol. The minimum atomic E-state index is -0.513. The minimum Gasteiger partial charge on any atom is -0.349 e. The summed E-state index contributed by atoms with van der Waals surface area (Å²) < 4.78 is 0. The van der Waals surface area contributed by atoms with E-state index in [9.17, 15) is 9.59 Å². The van der Waals surface area contributed by atoms with Gasteiger partial charge < -0.3 is 5.32 Å². The molecular formula is C12H15NO2S.